The van der Waals surface area contributed by atoms with E-state index in [4.69, 9.17) is 5.73 Å². The van der Waals surface area contributed by atoms with Crippen LogP contribution < -0.4 is 21.3 Å². The highest BCUT2D eigenvalue weighted by molar-refractivity contribution is 7.13. The predicted molar refractivity (Wildman–Crippen MR) is 126 cm³/mol. The number of hydrogen-bond donors (Lipinski definition) is 4. The average Bonchev–Trinajstić information content (AvgIpc) is 3.32. The molecule has 0 radical (unpaired) electrons. The van der Waals surface area contributed by atoms with Crippen molar-refractivity contribution in [2.75, 3.05) is 30.4 Å². The van der Waals surface area contributed by atoms with E-state index in [1.165, 1.54) is 23.5 Å². The van der Waals surface area contributed by atoms with Crippen LogP contribution in [-0.4, -0.2) is 47.6 Å². The third kappa shape index (κ3) is 4.53. The SMILES string of the molecule is CNC1(C(N)=O)CCN(c2ccccc2NC(=O)c2csc(-c3ccc(F)c(O)c3)n2)CC1. The van der Waals surface area contributed by atoms with Crippen molar-refractivity contribution in [2.24, 2.45) is 5.73 Å². The number of amides is 2. The number of nitrogens with zero attached hydrogens (tertiary/aromatic N) is 2. The van der Waals surface area contributed by atoms with Gasteiger partial charge in [-0.1, -0.05) is 12.1 Å². The summed E-state index contributed by atoms with van der Waals surface area (Å²) in [4.78, 5) is 31.2. The molecule has 2 amide bonds. The summed E-state index contributed by atoms with van der Waals surface area (Å²) in [5.74, 6) is -1.93. The van der Waals surface area contributed by atoms with Gasteiger partial charge in [0.2, 0.25) is 5.91 Å². The number of aromatic nitrogens is 1. The molecule has 0 spiro atoms. The Labute approximate surface area is 194 Å². The Morgan fingerprint density at radius 2 is 1.94 bits per heavy atom. The lowest BCUT2D eigenvalue weighted by Gasteiger charge is -2.41. The Bertz CT molecular complexity index is 1190. The molecule has 1 aliphatic rings. The Balaban J connectivity index is 1.50. The molecule has 0 atom stereocenters. The number of phenols is 1. The van der Waals surface area contributed by atoms with Crippen molar-refractivity contribution >= 4 is 34.5 Å². The molecule has 10 heteroatoms. The van der Waals surface area contributed by atoms with Crippen molar-refractivity contribution in [3.8, 4) is 16.3 Å². The smallest absolute Gasteiger partial charge is 0.275 e. The highest BCUT2D eigenvalue weighted by Crippen LogP contribution is 2.32. The number of likely N-dealkylation sites (N-methyl/N-ethyl adjacent to an activating group) is 1. The van der Waals surface area contributed by atoms with Gasteiger partial charge in [-0.2, -0.15) is 0 Å². The number of carbonyl (C=O) groups excluding carboxylic acids is 2. The van der Waals surface area contributed by atoms with Crippen molar-refractivity contribution in [3.63, 3.8) is 0 Å². The molecule has 8 nitrogen and oxygen atoms in total. The van der Waals surface area contributed by atoms with Crippen LogP contribution in [0.2, 0.25) is 0 Å². The van der Waals surface area contributed by atoms with Crippen LogP contribution in [0.15, 0.2) is 47.8 Å². The first-order chi connectivity index (χ1) is 15.8. The second kappa shape index (κ2) is 9.16. The summed E-state index contributed by atoms with van der Waals surface area (Å²) >= 11 is 1.23. The second-order valence-electron chi connectivity index (χ2n) is 7.86. The zero-order valence-corrected chi connectivity index (χ0v) is 18.8. The monoisotopic (exact) mass is 469 g/mol. The minimum atomic E-state index is -0.722. The van der Waals surface area contributed by atoms with E-state index in [1.807, 2.05) is 24.3 Å². The highest BCUT2D eigenvalue weighted by Gasteiger charge is 2.38. The Hall–Kier alpha value is -3.50. The van der Waals surface area contributed by atoms with Gasteiger partial charge in [-0.15, -0.1) is 11.3 Å². The summed E-state index contributed by atoms with van der Waals surface area (Å²) in [7, 11) is 1.74. The number of thiazole rings is 1. The number of rotatable bonds is 6. The number of nitrogens with two attached hydrogens (primary N) is 1. The fourth-order valence-electron chi connectivity index (χ4n) is 3.95. The number of carbonyl (C=O) groups is 2. The van der Waals surface area contributed by atoms with Crippen LogP contribution in [-0.2, 0) is 4.79 Å². The lowest BCUT2D eigenvalue weighted by Crippen LogP contribution is -2.59. The van der Waals surface area contributed by atoms with E-state index < -0.39 is 17.1 Å². The van der Waals surface area contributed by atoms with Gasteiger partial charge < -0.3 is 26.4 Å². The molecular formula is C23H24FN5O3S. The Morgan fingerprint density at radius 3 is 2.61 bits per heavy atom. The van der Waals surface area contributed by atoms with Crippen molar-refractivity contribution in [1.82, 2.24) is 10.3 Å². The fourth-order valence-corrected chi connectivity index (χ4v) is 4.74. The minimum absolute atomic E-state index is 0.218. The normalized spacial score (nSPS) is 15.3. The number of piperidine rings is 1. The van der Waals surface area contributed by atoms with Gasteiger partial charge >= 0.3 is 0 Å². The van der Waals surface area contributed by atoms with E-state index in [-0.39, 0.29) is 17.5 Å². The molecule has 172 valence electrons. The van der Waals surface area contributed by atoms with Crippen molar-refractivity contribution < 1.29 is 19.1 Å². The summed E-state index contributed by atoms with van der Waals surface area (Å²) in [6.07, 6.45) is 1.11. The molecule has 2 aromatic carbocycles. The number of para-hydroxylation sites is 2. The summed E-state index contributed by atoms with van der Waals surface area (Å²) in [5, 5.41) is 17.7. The van der Waals surface area contributed by atoms with Crippen LogP contribution in [0.5, 0.6) is 5.75 Å². The molecule has 0 saturated carbocycles. The van der Waals surface area contributed by atoms with Gasteiger partial charge in [0.25, 0.3) is 5.91 Å². The fraction of sp³-hybridized carbons (Fsp3) is 0.261. The van der Waals surface area contributed by atoms with E-state index in [0.29, 0.717) is 42.2 Å². The standard InChI is InChI=1S/C23H24FN5O3S/c1-26-23(22(25)32)8-10-29(11-9-23)18-5-3-2-4-16(18)27-20(31)17-13-33-21(28-17)14-6-7-15(24)19(30)12-14/h2-7,12-13,26,30H,8-11H2,1H3,(H2,25,32)(H,27,31). The highest BCUT2D eigenvalue weighted by atomic mass is 32.1. The van der Waals surface area contributed by atoms with Crippen LogP contribution in [0, 0.1) is 5.82 Å². The molecule has 33 heavy (non-hydrogen) atoms. The number of anilines is 2. The molecule has 3 aromatic rings. The zero-order valence-electron chi connectivity index (χ0n) is 18.0. The van der Waals surface area contributed by atoms with Gasteiger partial charge in [0.05, 0.1) is 11.4 Å². The quantitative estimate of drug-likeness (QED) is 0.441. The summed E-state index contributed by atoms with van der Waals surface area (Å²) in [5.41, 5.74) is 7.10. The van der Waals surface area contributed by atoms with E-state index in [1.54, 1.807) is 12.4 Å². The summed E-state index contributed by atoms with van der Waals surface area (Å²) in [6.45, 7) is 1.21. The van der Waals surface area contributed by atoms with Crippen LogP contribution in [0.4, 0.5) is 15.8 Å². The van der Waals surface area contributed by atoms with Crippen LogP contribution in [0.3, 0.4) is 0 Å². The average molecular weight is 470 g/mol. The molecule has 2 heterocycles. The number of halogens is 1. The number of hydrogen-bond acceptors (Lipinski definition) is 7. The summed E-state index contributed by atoms with van der Waals surface area (Å²) < 4.78 is 13.3. The van der Waals surface area contributed by atoms with Crippen molar-refractivity contribution in [1.29, 1.82) is 0 Å². The minimum Gasteiger partial charge on any atom is -0.505 e. The summed E-state index contributed by atoms with van der Waals surface area (Å²) in [6, 6.07) is 11.4. The van der Waals surface area contributed by atoms with Gasteiger partial charge in [0.15, 0.2) is 11.6 Å². The van der Waals surface area contributed by atoms with Gasteiger partial charge in [-0.3, -0.25) is 9.59 Å². The maximum absolute atomic E-state index is 13.3. The molecule has 0 bridgehead atoms. The number of aromatic hydroxyl groups is 1. The van der Waals surface area contributed by atoms with E-state index in [2.05, 4.69) is 20.5 Å². The van der Waals surface area contributed by atoms with Crippen LogP contribution >= 0.6 is 11.3 Å². The molecule has 0 aliphatic carbocycles. The molecular weight excluding hydrogens is 445 g/mol. The first-order valence-corrected chi connectivity index (χ1v) is 11.3. The molecule has 5 N–H and O–H groups in total. The van der Waals surface area contributed by atoms with Crippen LogP contribution in [0.25, 0.3) is 10.6 Å². The zero-order chi connectivity index (χ0) is 23.6. The number of benzene rings is 2. The molecule has 1 fully saturated rings. The van der Waals surface area contributed by atoms with Gasteiger partial charge in [-0.05, 0) is 50.2 Å². The number of primary amides is 1. The number of phenolic OH excluding ortho intramolecular Hbond substituents is 1. The number of nitrogens with one attached hydrogen (secondary N) is 2. The largest absolute Gasteiger partial charge is 0.505 e. The lowest BCUT2D eigenvalue weighted by molar-refractivity contribution is -0.125. The molecule has 1 aliphatic heterocycles. The Kier molecular flexibility index (Phi) is 6.30. The van der Waals surface area contributed by atoms with Gasteiger partial charge in [0, 0.05) is 24.0 Å². The third-order valence-corrected chi connectivity index (χ3v) is 6.88. The predicted octanol–water partition coefficient (Wildman–Crippen LogP) is 2.95. The topological polar surface area (TPSA) is 121 Å². The van der Waals surface area contributed by atoms with E-state index in [0.717, 1.165) is 11.8 Å². The van der Waals surface area contributed by atoms with E-state index in [9.17, 15) is 19.1 Å². The maximum Gasteiger partial charge on any atom is 0.275 e. The molecule has 4 rings (SSSR count). The van der Waals surface area contributed by atoms with E-state index >= 15 is 0 Å². The van der Waals surface area contributed by atoms with Crippen molar-refractivity contribution in [2.45, 2.75) is 18.4 Å². The van der Waals surface area contributed by atoms with Gasteiger partial charge in [-0.25, -0.2) is 9.37 Å². The molecule has 0 unspecified atom stereocenters. The van der Waals surface area contributed by atoms with Crippen LogP contribution in [0.1, 0.15) is 23.3 Å². The first-order valence-electron chi connectivity index (χ1n) is 10.4. The Morgan fingerprint density at radius 1 is 1.21 bits per heavy atom. The molecule has 1 saturated heterocycles. The second-order valence-corrected chi connectivity index (χ2v) is 8.72. The van der Waals surface area contributed by atoms with Gasteiger partial charge in [0.1, 0.15) is 16.2 Å². The van der Waals surface area contributed by atoms with Crippen molar-refractivity contribution in [3.05, 3.63) is 59.4 Å². The third-order valence-electron chi connectivity index (χ3n) is 5.99. The maximum atomic E-state index is 13.3. The first kappa shape index (κ1) is 22.7. The lowest BCUT2D eigenvalue weighted by atomic mass is 9.86. The molecule has 1 aromatic heterocycles.